The van der Waals surface area contributed by atoms with Gasteiger partial charge in [0.25, 0.3) is 11.8 Å². The number of aryl methyl sites for hydroxylation is 2. The predicted octanol–water partition coefficient (Wildman–Crippen LogP) is 6.07. The molecule has 1 aliphatic heterocycles. The van der Waals surface area contributed by atoms with Crippen molar-refractivity contribution in [1.82, 2.24) is 9.88 Å². The van der Waals surface area contributed by atoms with Gasteiger partial charge in [-0.3, -0.25) is 19.8 Å². The first kappa shape index (κ1) is 23.8. The number of anilines is 1. The molecule has 1 fully saturated rings. The second kappa shape index (κ2) is 9.26. The quantitative estimate of drug-likeness (QED) is 0.203. The third-order valence-corrected chi connectivity index (χ3v) is 6.86. The molecule has 0 unspecified atom stereocenters. The molecule has 0 radical (unpaired) electrons. The van der Waals surface area contributed by atoms with Crippen molar-refractivity contribution in [3.05, 3.63) is 94.0 Å². The Bertz CT molecular complexity index is 1590. The first-order chi connectivity index (χ1) is 17.3. The van der Waals surface area contributed by atoms with Crippen LogP contribution in [0.3, 0.4) is 0 Å². The zero-order valence-corrected chi connectivity index (χ0v) is 21.4. The molecule has 5 rings (SSSR count). The minimum Gasteiger partial charge on any atom is -0.440 e. The molecular formula is C28H22ClN3O3S. The molecule has 1 aliphatic rings. The molecule has 3 aromatic carbocycles. The highest BCUT2D eigenvalue weighted by Gasteiger charge is 2.35. The lowest BCUT2D eigenvalue weighted by atomic mass is 10.1. The summed E-state index contributed by atoms with van der Waals surface area (Å²) in [5.74, 6) is 0.116. The summed E-state index contributed by atoms with van der Waals surface area (Å²) in [6.45, 7) is 4.01. The van der Waals surface area contributed by atoms with Crippen LogP contribution in [-0.2, 0) is 16.6 Å². The van der Waals surface area contributed by atoms with Crippen LogP contribution in [0.5, 0.6) is 11.6 Å². The second-order valence-corrected chi connectivity index (χ2v) is 9.35. The van der Waals surface area contributed by atoms with Crippen molar-refractivity contribution in [3.8, 4) is 11.6 Å². The highest BCUT2D eigenvalue weighted by atomic mass is 35.5. The molecule has 2 amide bonds. The van der Waals surface area contributed by atoms with Crippen molar-refractivity contribution in [2.24, 2.45) is 7.05 Å². The van der Waals surface area contributed by atoms with Crippen LogP contribution in [0.1, 0.15) is 16.7 Å². The standard InChI is InChI=1S/C28H22ClN3O3S/c1-16-7-6-10-24(17(16)2)35-27-21(20-8-4-5-9-23(20)31(27)3)15-22-25(33)30-28(36)32(26(22)34)19-13-11-18(29)12-14-19/h4-15H,1-3H3,(H,30,33,36). The van der Waals surface area contributed by atoms with E-state index >= 15 is 0 Å². The smallest absolute Gasteiger partial charge is 0.270 e. The predicted molar refractivity (Wildman–Crippen MR) is 147 cm³/mol. The van der Waals surface area contributed by atoms with Crippen molar-refractivity contribution in [2.45, 2.75) is 13.8 Å². The number of carbonyl (C=O) groups excluding carboxylic acids is 2. The number of hydrogen-bond donors (Lipinski definition) is 1. The number of para-hydroxylation sites is 1. The minimum atomic E-state index is -0.569. The Morgan fingerprint density at radius 1 is 0.972 bits per heavy atom. The maximum atomic E-state index is 13.6. The van der Waals surface area contributed by atoms with Gasteiger partial charge in [0.15, 0.2) is 5.11 Å². The van der Waals surface area contributed by atoms with E-state index < -0.39 is 11.8 Å². The van der Waals surface area contributed by atoms with E-state index in [-0.39, 0.29) is 10.7 Å². The molecule has 36 heavy (non-hydrogen) atoms. The van der Waals surface area contributed by atoms with E-state index in [1.165, 1.54) is 4.90 Å². The normalized spacial score (nSPS) is 15.1. The molecule has 1 saturated heterocycles. The summed E-state index contributed by atoms with van der Waals surface area (Å²) in [7, 11) is 1.89. The number of fused-ring (bicyclic) bond motifs is 1. The lowest BCUT2D eigenvalue weighted by molar-refractivity contribution is -0.122. The number of rotatable bonds is 4. The largest absolute Gasteiger partial charge is 0.440 e. The SMILES string of the molecule is Cc1cccc(Oc2c(C=C3C(=O)NC(=S)N(c4ccc(Cl)cc4)C3=O)c3ccccc3n2C)c1C. The molecular weight excluding hydrogens is 494 g/mol. The number of hydrogen-bond acceptors (Lipinski definition) is 4. The van der Waals surface area contributed by atoms with Gasteiger partial charge in [-0.05, 0) is 79.7 Å². The minimum absolute atomic E-state index is 0.00857. The third kappa shape index (κ3) is 4.06. The second-order valence-electron chi connectivity index (χ2n) is 8.53. The summed E-state index contributed by atoms with van der Waals surface area (Å²) in [5, 5.41) is 4.01. The highest BCUT2D eigenvalue weighted by Crippen LogP contribution is 2.38. The molecule has 1 aromatic heterocycles. The number of thiocarbonyl (C=S) groups is 1. The van der Waals surface area contributed by atoms with Gasteiger partial charge in [-0.25, -0.2) is 0 Å². The van der Waals surface area contributed by atoms with Gasteiger partial charge in [-0.15, -0.1) is 0 Å². The molecule has 1 N–H and O–H groups in total. The number of aromatic nitrogens is 1. The summed E-state index contributed by atoms with van der Waals surface area (Å²) < 4.78 is 8.33. The molecule has 0 aliphatic carbocycles. The van der Waals surface area contributed by atoms with Gasteiger partial charge in [-0.2, -0.15) is 0 Å². The summed E-state index contributed by atoms with van der Waals surface area (Å²) in [4.78, 5) is 27.8. The molecule has 0 saturated carbocycles. The lowest BCUT2D eigenvalue weighted by Gasteiger charge is -2.29. The Morgan fingerprint density at radius 3 is 2.44 bits per heavy atom. The first-order valence-corrected chi connectivity index (χ1v) is 12.0. The Labute approximate surface area is 218 Å². The number of ether oxygens (including phenoxy) is 1. The van der Waals surface area contributed by atoms with Crippen molar-refractivity contribution < 1.29 is 14.3 Å². The Balaban J connectivity index is 1.66. The number of nitrogens with zero attached hydrogens (tertiary/aromatic N) is 2. The summed E-state index contributed by atoms with van der Waals surface area (Å²) in [5.41, 5.74) is 4.08. The zero-order chi connectivity index (χ0) is 25.6. The van der Waals surface area contributed by atoms with Crippen LogP contribution in [0.15, 0.2) is 72.3 Å². The maximum Gasteiger partial charge on any atom is 0.270 e. The van der Waals surface area contributed by atoms with Crippen LogP contribution in [0.2, 0.25) is 5.02 Å². The molecule has 0 spiro atoms. The van der Waals surface area contributed by atoms with E-state index in [1.807, 2.05) is 67.9 Å². The summed E-state index contributed by atoms with van der Waals surface area (Å²) in [6.07, 6.45) is 1.57. The van der Waals surface area contributed by atoms with Gasteiger partial charge in [-0.1, -0.05) is 41.9 Å². The Morgan fingerprint density at radius 2 is 1.69 bits per heavy atom. The van der Waals surface area contributed by atoms with Gasteiger partial charge in [0.05, 0.1) is 11.2 Å². The highest BCUT2D eigenvalue weighted by molar-refractivity contribution is 7.80. The van der Waals surface area contributed by atoms with E-state index in [4.69, 9.17) is 28.6 Å². The molecule has 6 nitrogen and oxygen atoms in total. The first-order valence-electron chi connectivity index (χ1n) is 11.2. The number of halogens is 1. The molecule has 8 heteroatoms. The van der Waals surface area contributed by atoms with Gasteiger partial charge in [0.1, 0.15) is 11.3 Å². The topological polar surface area (TPSA) is 63.6 Å². The average Bonchev–Trinajstić information content (AvgIpc) is 3.11. The molecule has 2 heterocycles. The fourth-order valence-corrected chi connectivity index (χ4v) is 4.63. The fourth-order valence-electron chi connectivity index (χ4n) is 4.23. The van der Waals surface area contributed by atoms with Crippen molar-refractivity contribution >= 4 is 63.4 Å². The van der Waals surface area contributed by atoms with E-state index in [0.717, 1.165) is 22.0 Å². The van der Waals surface area contributed by atoms with Crippen molar-refractivity contribution in [2.75, 3.05) is 4.90 Å². The van der Waals surface area contributed by atoms with Crippen LogP contribution in [-0.4, -0.2) is 21.5 Å². The van der Waals surface area contributed by atoms with E-state index in [9.17, 15) is 9.59 Å². The number of nitrogens with one attached hydrogen (secondary N) is 1. The van der Waals surface area contributed by atoms with Gasteiger partial charge >= 0.3 is 0 Å². The lowest BCUT2D eigenvalue weighted by Crippen LogP contribution is -2.54. The molecule has 0 bridgehead atoms. The van der Waals surface area contributed by atoms with Crippen molar-refractivity contribution in [3.63, 3.8) is 0 Å². The summed E-state index contributed by atoms with van der Waals surface area (Å²) >= 11 is 11.3. The van der Waals surface area contributed by atoms with Gasteiger partial charge in [0.2, 0.25) is 5.88 Å². The molecule has 0 atom stereocenters. The van der Waals surface area contributed by atoms with Crippen LogP contribution < -0.4 is 15.0 Å². The Kier molecular flexibility index (Phi) is 6.12. The van der Waals surface area contributed by atoms with Crippen LogP contribution in [0.25, 0.3) is 17.0 Å². The van der Waals surface area contributed by atoms with Crippen LogP contribution in [0, 0.1) is 13.8 Å². The van der Waals surface area contributed by atoms with Crippen molar-refractivity contribution in [1.29, 1.82) is 0 Å². The van der Waals surface area contributed by atoms with E-state index in [2.05, 4.69) is 5.32 Å². The van der Waals surface area contributed by atoms with E-state index in [1.54, 1.807) is 30.3 Å². The zero-order valence-electron chi connectivity index (χ0n) is 19.8. The molecule has 180 valence electrons. The van der Waals surface area contributed by atoms with E-state index in [0.29, 0.717) is 27.9 Å². The third-order valence-electron chi connectivity index (χ3n) is 6.33. The Hall–Kier alpha value is -3.94. The van der Waals surface area contributed by atoms with Crippen LogP contribution >= 0.6 is 23.8 Å². The fraction of sp³-hybridized carbons (Fsp3) is 0.107. The van der Waals surface area contributed by atoms with Gasteiger partial charge < -0.3 is 9.30 Å². The number of benzene rings is 3. The number of amides is 2. The van der Waals surface area contributed by atoms with Crippen LogP contribution in [0.4, 0.5) is 5.69 Å². The average molecular weight is 516 g/mol. The monoisotopic (exact) mass is 515 g/mol. The van der Waals surface area contributed by atoms with Gasteiger partial charge in [0, 0.05) is 23.0 Å². The number of carbonyl (C=O) groups is 2. The maximum absolute atomic E-state index is 13.6. The summed E-state index contributed by atoms with van der Waals surface area (Å²) in [6, 6.07) is 20.3. The molecule has 4 aromatic rings.